The SMILES string of the molecule is CCOc1cccc(-c2nc3nnc(CS(=O)(=O)Cc4ncc(C)cn4)cc3n2-c2c(OC)cccc2OC)n1. The Kier molecular flexibility index (Phi) is 7.56. The van der Waals surface area contributed by atoms with Gasteiger partial charge in [-0.3, -0.25) is 4.57 Å². The van der Waals surface area contributed by atoms with Crippen LogP contribution in [0.25, 0.3) is 28.4 Å². The average molecular weight is 562 g/mol. The van der Waals surface area contributed by atoms with Gasteiger partial charge in [-0.25, -0.2) is 28.4 Å². The normalized spacial score (nSPS) is 11.5. The molecular formula is C27H27N7O5S. The minimum Gasteiger partial charge on any atom is -0.494 e. The smallest absolute Gasteiger partial charge is 0.213 e. The largest absolute Gasteiger partial charge is 0.494 e. The van der Waals surface area contributed by atoms with Gasteiger partial charge in [-0.15, -0.1) is 5.10 Å². The van der Waals surface area contributed by atoms with Crippen LogP contribution in [0, 0.1) is 6.92 Å². The molecule has 206 valence electrons. The van der Waals surface area contributed by atoms with Gasteiger partial charge in [-0.1, -0.05) is 12.1 Å². The van der Waals surface area contributed by atoms with Crippen molar-refractivity contribution in [3.8, 4) is 34.6 Å². The fraction of sp³-hybridized carbons (Fsp3) is 0.259. The van der Waals surface area contributed by atoms with Crippen LogP contribution in [0.3, 0.4) is 0 Å². The average Bonchev–Trinajstić information content (AvgIpc) is 3.32. The standard InChI is InChI=1S/C27H27N7O5S/c1-5-39-24-11-6-8-19(30-24)27-31-26-20(34(27)25-21(37-3)9-7-10-22(25)38-4)12-18(32-33-26)15-40(35,36)16-23-28-13-17(2)14-29-23/h6-14H,5,15-16H2,1-4H3. The van der Waals surface area contributed by atoms with Crippen molar-refractivity contribution in [2.75, 3.05) is 20.8 Å². The number of para-hydroxylation sites is 1. The van der Waals surface area contributed by atoms with Gasteiger partial charge in [0.25, 0.3) is 0 Å². The summed E-state index contributed by atoms with van der Waals surface area (Å²) in [5.41, 5.74) is 2.90. The molecule has 0 aliphatic rings. The molecule has 0 atom stereocenters. The van der Waals surface area contributed by atoms with Gasteiger partial charge in [-0.2, -0.15) is 5.10 Å². The van der Waals surface area contributed by atoms with E-state index in [1.807, 2.05) is 19.9 Å². The van der Waals surface area contributed by atoms with Gasteiger partial charge in [0.05, 0.1) is 37.8 Å². The van der Waals surface area contributed by atoms with Gasteiger partial charge in [0, 0.05) is 18.5 Å². The third kappa shape index (κ3) is 5.54. The van der Waals surface area contributed by atoms with Gasteiger partial charge < -0.3 is 14.2 Å². The highest BCUT2D eigenvalue weighted by atomic mass is 32.2. The zero-order valence-corrected chi connectivity index (χ0v) is 23.2. The summed E-state index contributed by atoms with van der Waals surface area (Å²) in [4.78, 5) is 17.6. The number of hydrogen-bond acceptors (Lipinski definition) is 11. The zero-order valence-electron chi connectivity index (χ0n) is 22.4. The number of aromatic nitrogens is 7. The topological polar surface area (TPSA) is 144 Å². The molecule has 0 bridgehead atoms. The summed E-state index contributed by atoms with van der Waals surface area (Å²) in [5.74, 6) is 1.38. The summed E-state index contributed by atoms with van der Waals surface area (Å²) >= 11 is 0. The summed E-state index contributed by atoms with van der Waals surface area (Å²) < 4.78 is 44.8. The van der Waals surface area contributed by atoms with Crippen molar-refractivity contribution in [2.24, 2.45) is 0 Å². The summed E-state index contributed by atoms with van der Waals surface area (Å²) in [5, 5.41) is 8.44. The minimum absolute atomic E-state index is 0.214. The van der Waals surface area contributed by atoms with Gasteiger partial charge >= 0.3 is 0 Å². The van der Waals surface area contributed by atoms with E-state index in [1.165, 1.54) is 0 Å². The van der Waals surface area contributed by atoms with Crippen LogP contribution >= 0.6 is 0 Å². The first-order chi connectivity index (χ1) is 19.3. The molecule has 0 unspecified atom stereocenters. The number of nitrogens with zero attached hydrogens (tertiary/aromatic N) is 7. The van der Waals surface area contributed by atoms with E-state index >= 15 is 0 Å². The molecule has 12 nitrogen and oxygen atoms in total. The molecule has 1 aromatic carbocycles. The van der Waals surface area contributed by atoms with Crippen LogP contribution in [0.2, 0.25) is 0 Å². The fourth-order valence-corrected chi connectivity index (χ4v) is 5.41. The van der Waals surface area contributed by atoms with Gasteiger partial charge in [0.1, 0.15) is 34.5 Å². The van der Waals surface area contributed by atoms with E-state index in [1.54, 1.807) is 67.6 Å². The van der Waals surface area contributed by atoms with Gasteiger partial charge in [0.2, 0.25) is 11.5 Å². The summed E-state index contributed by atoms with van der Waals surface area (Å²) in [6.45, 7) is 4.16. The molecule has 4 heterocycles. The molecule has 40 heavy (non-hydrogen) atoms. The van der Waals surface area contributed by atoms with E-state index < -0.39 is 9.84 Å². The van der Waals surface area contributed by atoms with Crippen LogP contribution in [0.4, 0.5) is 0 Å². The first kappa shape index (κ1) is 26.9. The van der Waals surface area contributed by atoms with Crippen LogP contribution in [0.5, 0.6) is 17.4 Å². The van der Waals surface area contributed by atoms with Crippen molar-refractivity contribution in [3.63, 3.8) is 0 Å². The van der Waals surface area contributed by atoms with Crippen LogP contribution in [0.1, 0.15) is 24.0 Å². The van der Waals surface area contributed by atoms with Gasteiger partial charge in [0.15, 0.2) is 15.7 Å². The number of benzene rings is 1. The highest BCUT2D eigenvalue weighted by Gasteiger charge is 2.24. The van der Waals surface area contributed by atoms with Crippen LogP contribution in [-0.2, 0) is 21.3 Å². The Morgan fingerprint density at radius 1 is 0.900 bits per heavy atom. The van der Waals surface area contributed by atoms with Crippen LogP contribution < -0.4 is 14.2 Å². The van der Waals surface area contributed by atoms with E-state index in [9.17, 15) is 8.42 Å². The number of pyridine rings is 1. The maximum Gasteiger partial charge on any atom is 0.213 e. The maximum absolute atomic E-state index is 13.0. The second-order valence-corrected chi connectivity index (χ2v) is 10.9. The molecule has 0 aliphatic heterocycles. The Bertz CT molecular complexity index is 1750. The molecule has 5 rings (SSSR count). The predicted octanol–water partition coefficient (Wildman–Crippen LogP) is 3.51. The van der Waals surface area contributed by atoms with E-state index in [4.69, 9.17) is 19.2 Å². The third-order valence-corrected chi connectivity index (χ3v) is 7.33. The Morgan fingerprint density at radius 3 is 2.27 bits per heavy atom. The Hall–Kier alpha value is -4.65. The Morgan fingerprint density at radius 2 is 1.60 bits per heavy atom. The van der Waals surface area contributed by atoms with Crippen molar-refractivity contribution in [2.45, 2.75) is 25.4 Å². The molecule has 0 saturated heterocycles. The molecule has 0 aliphatic carbocycles. The molecule has 0 N–H and O–H groups in total. The lowest BCUT2D eigenvalue weighted by Crippen LogP contribution is -2.12. The second kappa shape index (κ2) is 11.2. The van der Waals surface area contributed by atoms with Crippen LogP contribution in [0.15, 0.2) is 54.9 Å². The van der Waals surface area contributed by atoms with E-state index in [0.717, 1.165) is 5.56 Å². The monoisotopic (exact) mass is 561 g/mol. The number of imidazole rings is 1. The fourth-order valence-electron chi connectivity index (χ4n) is 4.18. The predicted molar refractivity (Wildman–Crippen MR) is 147 cm³/mol. The summed E-state index contributed by atoms with van der Waals surface area (Å²) in [7, 11) is -0.562. The number of fused-ring (bicyclic) bond motifs is 1. The summed E-state index contributed by atoms with van der Waals surface area (Å²) in [6.07, 6.45) is 3.16. The third-order valence-electron chi connectivity index (χ3n) is 5.89. The number of methoxy groups -OCH3 is 2. The number of hydrogen-bond donors (Lipinski definition) is 0. The first-order valence-electron chi connectivity index (χ1n) is 12.4. The minimum atomic E-state index is -3.67. The molecular weight excluding hydrogens is 534 g/mol. The number of aryl methyl sites for hydroxylation is 1. The van der Waals surface area contributed by atoms with Crippen LogP contribution in [-0.4, -0.2) is 63.9 Å². The van der Waals surface area contributed by atoms with Crippen molar-refractivity contribution in [1.29, 1.82) is 0 Å². The van der Waals surface area contributed by atoms with Crippen molar-refractivity contribution >= 4 is 21.0 Å². The molecule has 0 saturated carbocycles. The quantitative estimate of drug-likeness (QED) is 0.247. The molecule has 4 aromatic heterocycles. The van der Waals surface area contributed by atoms with E-state index in [0.29, 0.717) is 46.7 Å². The first-order valence-corrected chi connectivity index (χ1v) is 14.2. The highest BCUT2D eigenvalue weighted by molar-refractivity contribution is 7.89. The second-order valence-electron chi connectivity index (χ2n) is 8.83. The van der Waals surface area contributed by atoms with E-state index in [-0.39, 0.29) is 28.7 Å². The lowest BCUT2D eigenvalue weighted by Gasteiger charge is -2.16. The van der Waals surface area contributed by atoms with Crippen molar-refractivity contribution < 1.29 is 22.6 Å². The van der Waals surface area contributed by atoms with Crippen molar-refractivity contribution in [1.82, 2.24) is 34.7 Å². The molecule has 0 amide bonds. The summed E-state index contributed by atoms with van der Waals surface area (Å²) in [6, 6.07) is 12.4. The molecule has 5 aromatic rings. The molecule has 0 radical (unpaired) electrons. The lowest BCUT2D eigenvalue weighted by atomic mass is 10.2. The van der Waals surface area contributed by atoms with Gasteiger partial charge in [-0.05, 0) is 43.7 Å². The van der Waals surface area contributed by atoms with E-state index in [2.05, 4.69) is 25.1 Å². The lowest BCUT2D eigenvalue weighted by molar-refractivity contribution is 0.327. The highest BCUT2D eigenvalue weighted by Crippen LogP contribution is 2.38. The Balaban J connectivity index is 1.66. The number of rotatable bonds is 10. The Labute approximate surface area is 231 Å². The maximum atomic E-state index is 13.0. The number of sulfone groups is 1. The molecule has 0 fully saturated rings. The molecule has 13 heteroatoms. The molecule has 0 spiro atoms. The van der Waals surface area contributed by atoms with Crippen molar-refractivity contribution in [3.05, 3.63) is 71.9 Å². The number of ether oxygens (including phenoxy) is 3. The zero-order chi connectivity index (χ0) is 28.3.